The van der Waals surface area contributed by atoms with E-state index in [1.807, 2.05) is 165 Å². The van der Waals surface area contributed by atoms with E-state index in [2.05, 4.69) is 202 Å². The van der Waals surface area contributed by atoms with Crippen LogP contribution in [0.4, 0.5) is 60.5 Å². The number of aliphatic hydroxyl groups excluding tert-OH is 1. The van der Waals surface area contributed by atoms with Crippen LogP contribution in [0.25, 0.3) is 0 Å². The Balaban J connectivity index is 0.000000219. The number of hydrogen-bond acceptors (Lipinski definition) is 20. The highest BCUT2D eigenvalue weighted by Gasteiger charge is 2.29. The first-order valence-electron chi connectivity index (χ1n) is 48.8. The van der Waals surface area contributed by atoms with Crippen molar-refractivity contribution in [1.82, 2.24) is 0 Å². The van der Waals surface area contributed by atoms with Crippen molar-refractivity contribution in [2.75, 3.05) is 79.7 Å². The number of alkyl halides is 6. The normalized spacial score (nSPS) is 10.9. The van der Waals surface area contributed by atoms with Gasteiger partial charge < -0.3 is 98.6 Å². The van der Waals surface area contributed by atoms with E-state index in [9.17, 15) is 31.4 Å². The lowest BCUT2D eigenvalue weighted by Crippen LogP contribution is -2.15. The average Bonchev–Trinajstić information content (AvgIpc) is 1.64. The number of nitrogens with one attached hydrogen (secondary N) is 6. The van der Waals surface area contributed by atoms with Crippen LogP contribution in [0, 0.1) is 138 Å². The summed E-state index contributed by atoms with van der Waals surface area (Å²) in [5.74, 6) is 6.30. The molecule has 150 heavy (non-hydrogen) atoms. The number of halogens is 6. The van der Waals surface area contributed by atoms with E-state index in [0.29, 0.717) is 61.6 Å². The summed E-state index contributed by atoms with van der Waals surface area (Å²) in [6, 6.07) is 59.2. The molecule has 0 aliphatic heterocycles. The Morgan fingerprint density at radius 2 is 0.467 bits per heavy atom. The summed E-state index contributed by atoms with van der Waals surface area (Å²) in [5, 5.41) is 27.1. The van der Waals surface area contributed by atoms with Crippen LogP contribution in [0.3, 0.4) is 0 Å². The van der Waals surface area contributed by atoms with Crippen LogP contribution < -0.4 is 65.1 Å². The molecule has 1 fully saturated rings. The maximum absolute atomic E-state index is 12.4. The van der Waals surface area contributed by atoms with Crippen LogP contribution in [-0.4, -0.2) is 83.9 Å². The lowest BCUT2D eigenvalue weighted by atomic mass is 10.0. The highest BCUT2D eigenvalue weighted by molar-refractivity contribution is 7.81. The highest BCUT2D eigenvalue weighted by Crippen LogP contribution is 2.45. The van der Waals surface area contributed by atoms with Crippen LogP contribution in [0.15, 0.2) is 182 Å². The molecule has 0 amide bonds. The molecule has 0 bridgehead atoms. The second-order valence-corrected chi connectivity index (χ2v) is 38.1. The second kappa shape index (κ2) is 61.9. The van der Waals surface area contributed by atoms with Crippen molar-refractivity contribution in [2.24, 2.45) is 0 Å². The molecule has 0 atom stereocenters. The molecule has 32 heteroatoms. The zero-order valence-corrected chi connectivity index (χ0v) is 94.3. The number of benzene rings is 12. The van der Waals surface area contributed by atoms with Gasteiger partial charge in [-0.15, -0.1) is 0 Å². The summed E-state index contributed by atoms with van der Waals surface area (Å²) >= 11 is 29.8. The van der Waals surface area contributed by atoms with E-state index in [1.54, 1.807) is 18.2 Å². The Labute approximate surface area is 912 Å². The number of aliphatic hydroxyl groups is 1. The monoisotopic (exact) mass is 2170 g/mol. The van der Waals surface area contributed by atoms with Crippen LogP contribution >= 0.6 is 73.3 Å². The number of anilines is 6. The molecule has 1 aliphatic rings. The van der Waals surface area contributed by atoms with Gasteiger partial charge in [-0.25, -0.2) is 26.3 Å². The van der Waals surface area contributed by atoms with Crippen molar-refractivity contribution in [3.63, 3.8) is 0 Å². The van der Waals surface area contributed by atoms with E-state index in [0.717, 1.165) is 153 Å². The molecular formula is C118H138F6N6O14S6. The minimum atomic E-state index is -1.00. The van der Waals surface area contributed by atoms with Crippen molar-refractivity contribution < 1.29 is 93.0 Å². The van der Waals surface area contributed by atoms with Crippen molar-refractivity contribution in [2.45, 2.75) is 224 Å². The van der Waals surface area contributed by atoms with Crippen LogP contribution in [-0.2, 0) is 81.1 Å². The quantitative estimate of drug-likeness (QED) is 0.0145. The van der Waals surface area contributed by atoms with Crippen molar-refractivity contribution in [3.05, 3.63) is 343 Å². The summed E-state index contributed by atoms with van der Waals surface area (Å²) < 4.78 is 144. The van der Waals surface area contributed by atoms with Gasteiger partial charge in [-0.3, -0.25) is 0 Å². The molecule has 0 saturated heterocycles. The van der Waals surface area contributed by atoms with Gasteiger partial charge in [0, 0.05) is 56.3 Å². The summed E-state index contributed by atoms with van der Waals surface area (Å²) in [5.41, 5.74) is 36.1. The molecule has 0 radical (unpaired) electrons. The van der Waals surface area contributed by atoms with Crippen molar-refractivity contribution >= 4 is 138 Å². The Bertz CT molecular complexity index is 6380. The first kappa shape index (κ1) is 122. The zero-order valence-electron chi connectivity index (χ0n) is 89.4. The Hall–Kier alpha value is -13.1. The molecule has 1 aliphatic carbocycles. The minimum absolute atomic E-state index is 0.00621. The van der Waals surface area contributed by atoms with Crippen LogP contribution in [0.2, 0.25) is 0 Å². The Morgan fingerprint density at radius 1 is 0.247 bits per heavy atom. The fourth-order valence-electron chi connectivity index (χ4n) is 15.7. The lowest BCUT2D eigenvalue weighted by molar-refractivity contribution is 0.184. The molecule has 1 saturated carbocycles. The number of thiocarbonyl (C=S) groups is 6. The maximum atomic E-state index is 12.4. The first-order valence-corrected chi connectivity index (χ1v) is 51.2. The standard InChI is InChI=1S/C21H24FNO2S.C20H24FNO3S.C20H24FNO2S.C19H22FNO3S.2C19H22FNO2S/c1-13-9-15(3)20(10-14(13)2)24-11-18-17(16-7-8-16)5-4-6-19(18)23-21(26)25-12-22;1-5-23-18-8-6-7-17(22-20(26)25-12-21)16(18)11-24-19-10-14(3)13(2)9-15(19)4;1-5-16-7-6-8-18(22-20(25)24-12-21)17(16)11-23-19-10-14(3)13(2)9-15(19)4;1-12-7-14(3)18(8-13(12)2)23-10-16-15(9-22)5-4-6-17(16)21-19(25)24-11-20;2*1-12-6-5-7-17(21-19(24)23-11-20)16(12)10-22-18-9-14(3)13(2)8-15(18)4/h4-6,9-10,16H,7-8,11-12H2,1-3H3,(H,23,26);6-10H,5,11-12H2,1-4H3,(H,22,26);6-10H,5,11-12H2,1-4H3,(H,22,25);4-8,22H,9-11H2,1-3H3,(H,21,25);2*5-9H,10-11H2,1-4H3,(H,21,24). The van der Waals surface area contributed by atoms with Crippen LogP contribution in [0.5, 0.6) is 40.2 Å². The molecule has 0 spiro atoms. The molecule has 0 heterocycles. The van der Waals surface area contributed by atoms with Crippen molar-refractivity contribution in [3.8, 4) is 40.2 Å². The second-order valence-electron chi connectivity index (χ2n) is 35.9. The fourth-order valence-corrected chi connectivity index (χ4v) is 16.7. The van der Waals surface area contributed by atoms with Crippen LogP contribution in [0.1, 0.15) is 194 Å². The SMILES string of the molecule is CCOc1cccc(NC(=S)OCF)c1COc1cc(C)c(C)cc1C.CCc1cccc(NC(=S)OCF)c1COc1cc(C)c(C)cc1C.Cc1cc(C)c(OCc2c(C)cccc2NC(=S)OCF)cc1C.Cc1cc(C)c(OCc2c(C)cccc2NC(=S)OCF)cc1C.Cc1cc(C)c(OCc2c(CO)cccc2NC(=S)OCF)cc1C.Cc1cc(C)c(OCc2c(NC(=S)OCF)cccc2C2CC2)cc1C. The van der Waals surface area contributed by atoms with E-state index >= 15 is 0 Å². The molecule has 7 N–H and O–H groups in total. The van der Waals surface area contributed by atoms with Gasteiger partial charge in [0.25, 0.3) is 31.0 Å². The van der Waals surface area contributed by atoms with Gasteiger partial charge in [0.15, 0.2) is 0 Å². The number of hydrogen-bond donors (Lipinski definition) is 7. The van der Waals surface area contributed by atoms with Crippen molar-refractivity contribution in [1.29, 1.82) is 0 Å². The predicted octanol–water partition coefficient (Wildman–Crippen LogP) is 30.9. The molecular weight excluding hydrogens is 2030 g/mol. The summed E-state index contributed by atoms with van der Waals surface area (Å²) in [6.07, 6.45) is 3.23. The number of ether oxygens (including phenoxy) is 13. The van der Waals surface area contributed by atoms with Gasteiger partial charge in [-0.05, 0) is 451 Å². The summed E-state index contributed by atoms with van der Waals surface area (Å²) in [7, 11) is 0. The zero-order chi connectivity index (χ0) is 110. The molecule has 802 valence electrons. The summed E-state index contributed by atoms with van der Waals surface area (Å²) in [4.78, 5) is 0. The molecule has 20 nitrogen and oxygen atoms in total. The van der Waals surface area contributed by atoms with E-state index in [4.69, 9.17) is 116 Å². The summed E-state index contributed by atoms with van der Waals surface area (Å²) in [6.45, 7) is 41.7. The molecule has 0 aromatic heterocycles. The minimum Gasteiger partial charge on any atom is -0.493 e. The largest absolute Gasteiger partial charge is 0.493 e. The van der Waals surface area contributed by atoms with Gasteiger partial charge in [0.05, 0.1) is 24.5 Å². The molecule has 12 aromatic carbocycles. The van der Waals surface area contributed by atoms with Gasteiger partial charge >= 0.3 is 0 Å². The van der Waals surface area contributed by atoms with Gasteiger partial charge in [0.2, 0.25) is 41.2 Å². The van der Waals surface area contributed by atoms with Gasteiger partial charge in [0.1, 0.15) is 79.9 Å². The Morgan fingerprint density at radius 3 is 0.733 bits per heavy atom. The first-order chi connectivity index (χ1) is 71.7. The predicted molar refractivity (Wildman–Crippen MR) is 616 cm³/mol. The smallest absolute Gasteiger partial charge is 0.263 e. The molecule has 0 unspecified atom stereocenters. The average molecular weight is 2170 g/mol. The highest BCUT2D eigenvalue weighted by atomic mass is 32.1. The van der Waals surface area contributed by atoms with E-state index < -0.39 is 41.2 Å². The maximum Gasteiger partial charge on any atom is 0.263 e. The molecule has 13 rings (SSSR count). The van der Waals surface area contributed by atoms with E-state index in [1.165, 1.54) is 79.6 Å². The number of rotatable bonds is 35. The molecule has 12 aromatic rings. The van der Waals surface area contributed by atoms with Gasteiger partial charge in [-0.1, -0.05) is 110 Å². The van der Waals surface area contributed by atoms with E-state index in [-0.39, 0.29) is 50.9 Å². The van der Waals surface area contributed by atoms with Gasteiger partial charge in [-0.2, -0.15) is 0 Å². The fraction of sp³-hybridized carbons (Fsp3) is 0.339. The third-order valence-electron chi connectivity index (χ3n) is 25.1. The third-order valence-corrected chi connectivity index (χ3v) is 26.4. The third kappa shape index (κ3) is 37.8. The number of aryl methyl sites for hydroxylation is 21. The topological polar surface area (TPSA) is 212 Å². The Kier molecular flexibility index (Phi) is 50.4. The lowest BCUT2D eigenvalue weighted by Gasteiger charge is -2.18.